The first-order valence-corrected chi connectivity index (χ1v) is 10.0. The van der Waals surface area contributed by atoms with Crippen molar-refractivity contribution in [2.45, 2.75) is 64.8 Å². The number of rotatable bonds is 7. The number of carbonyl (C=O) groups excluding carboxylic acids is 2. The van der Waals surface area contributed by atoms with Crippen molar-refractivity contribution >= 4 is 22.9 Å². The first-order valence-electron chi connectivity index (χ1n) is 10.0. The van der Waals surface area contributed by atoms with Crippen molar-refractivity contribution in [3.8, 4) is 0 Å². The number of hydrogen-bond donors (Lipinski definition) is 1. The average molecular weight is 371 g/mol. The molecule has 1 aromatic carbocycles. The molecule has 2 amide bonds. The molecular weight excluding hydrogens is 342 g/mol. The molecule has 27 heavy (non-hydrogen) atoms. The summed E-state index contributed by atoms with van der Waals surface area (Å²) < 4.78 is 5.77. The molecule has 146 valence electrons. The highest BCUT2D eigenvalue weighted by atomic mass is 16.3. The second-order valence-electron chi connectivity index (χ2n) is 7.31. The highest BCUT2D eigenvalue weighted by Gasteiger charge is 2.27. The van der Waals surface area contributed by atoms with Gasteiger partial charge in [0.25, 0.3) is 5.91 Å². The van der Waals surface area contributed by atoms with E-state index in [1.165, 1.54) is 6.92 Å². The third kappa shape index (κ3) is 4.87. The molecule has 0 bridgehead atoms. The Morgan fingerprint density at radius 1 is 1.33 bits per heavy atom. The van der Waals surface area contributed by atoms with Gasteiger partial charge in [-0.25, -0.2) is 4.98 Å². The van der Waals surface area contributed by atoms with Gasteiger partial charge >= 0.3 is 0 Å². The number of fused-ring (bicyclic) bond motifs is 1. The number of aromatic nitrogens is 1. The van der Waals surface area contributed by atoms with Gasteiger partial charge in [-0.2, -0.15) is 0 Å². The Kier molecular flexibility index (Phi) is 6.48. The summed E-state index contributed by atoms with van der Waals surface area (Å²) in [6.07, 6.45) is 6.89. The maximum absolute atomic E-state index is 13.1. The molecule has 1 N–H and O–H groups in total. The molecule has 1 fully saturated rings. The van der Waals surface area contributed by atoms with E-state index in [0.717, 1.165) is 68.5 Å². The largest absolute Gasteiger partial charge is 0.441 e. The monoisotopic (exact) mass is 371 g/mol. The lowest BCUT2D eigenvalue weighted by Crippen LogP contribution is -2.45. The lowest BCUT2D eigenvalue weighted by atomic mass is 9.98. The summed E-state index contributed by atoms with van der Waals surface area (Å²) in [4.78, 5) is 30.7. The zero-order valence-corrected chi connectivity index (χ0v) is 16.3. The smallest absolute Gasteiger partial charge is 0.254 e. The fourth-order valence-corrected chi connectivity index (χ4v) is 3.69. The van der Waals surface area contributed by atoms with Crippen LogP contribution in [-0.4, -0.2) is 40.8 Å². The van der Waals surface area contributed by atoms with Gasteiger partial charge in [0.15, 0.2) is 11.5 Å². The lowest BCUT2D eigenvalue weighted by Gasteiger charge is -2.36. The van der Waals surface area contributed by atoms with Gasteiger partial charge in [0.1, 0.15) is 5.52 Å². The quantitative estimate of drug-likeness (QED) is 0.805. The molecule has 1 aliphatic heterocycles. The van der Waals surface area contributed by atoms with Crippen molar-refractivity contribution in [3.63, 3.8) is 0 Å². The summed E-state index contributed by atoms with van der Waals surface area (Å²) in [6, 6.07) is 5.70. The highest BCUT2D eigenvalue weighted by Crippen LogP contribution is 2.24. The standard InChI is InChI=1S/C21H29N3O3/c1-3-4-8-20-23-18-14-16(9-10-19(18)27-20)21(26)24-13-6-5-7-17(24)11-12-22-15(2)25/h9-10,14,17H,3-8,11-13H2,1-2H3,(H,22,25)/t17-/m1/s1. The van der Waals surface area contributed by atoms with Crippen molar-refractivity contribution in [2.75, 3.05) is 13.1 Å². The summed E-state index contributed by atoms with van der Waals surface area (Å²) in [5, 5.41) is 2.84. The number of carbonyl (C=O) groups is 2. The molecule has 2 aromatic rings. The minimum Gasteiger partial charge on any atom is -0.441 e. The average Bonchev–Trinajstić information content (AvgIpc) is 3.08. The number of hydrogen-bond acceptors (Lipinski definition) is 4. The van der Waals surface area contributed by atoms with E-state index in [0.29, 0.717) is 12.1 Å². The van der Waals surface area contributed by atoms with Crippen molar-refractivity contribution in [2.24, 2.45) is 0 Å². The Hall–Kier alpha value is -2.37. The van der Waals surface area contributed by atoms with Crippen LogP contribution in [0.4, 0.5) is 0 Å². The van der Waals surface area contributed by atoms with Crippen molar-refractivity contribution in [3.05, 3.63) is 29.7 Å². The minimum atomic E-state index is -0.0287. The number of oxazole rings is 1. The SMILES string of the molecule is CCCCc1nc2cc(C(=O)N3CCCC[C@@H]3CCNC(C)=O)ccc2o1. The van der Waals surface area contributed by atoms with Crippen LogP contribution in [0, 0.1) is 0 Å². The van der Waals surface area contributed by atoms with Crippen LogP contribution in [0.3, 0.4) is 0 Å². The number of piperidine rings is 1. The number of amides is 2. The number of aryl methyl sites for hydroxylation is 1. The maximum atomic E-state index is 13.1. The summed E-state index contributed by atoms with van der Waals surface area (Å²) in [6.45, 7) is 5.03. The van der Waals surface area contributed by atoms with Gasteiger partial charge in [-0.3, -0.25) is 9.59 Å². The number of nitrogens with one attached hydrogen (secondary N) is 1. The summed E-state index contributed by atoms with van der Waals surface area (Å²) in [5.41, 5.74) is 2.14. The van der Waals surface area contributed by atoms with Crippen LogP contribution >= 0.6 is 0 Å². The molecule has 1 aliphatic rings. The predicted molar refractivity (Wildman–Crippen MR) is 105 cm³/mol. The van der Waals surface area contributed by atoms with E-state index < -0.39 is 0 Å². The first kappa shape index (κ1) is 19.4. The second-order valence-corrected chi connectivity index (χ2v) is 7.31. The van der Waals surface area contributed by atoms with Crippen LogP contribution in [0.15, 0.2) is 22.6 Å². The number of benzene rings is 1. The molecule has 0 spiro atoms. The summed E-state index contributed by atoms with van der Waals surface area (Å²) in [7, 11) is 0. The van der Waals surface area contributed by atoms with E-state index in [4.69, 9.17) is 4.42 Å². The van der Waals surface area contributed by atoms with Gasteiger partial charge in [0, 0.05) is 38.0 Å². The normalized spacial score (nSPS) is 17.3. The van der Waals surface area contributed by atoms with Crippen LogP contribution in [0.5, 0.6) is 0 Å². The van der Waals surface area contributed by atoms with Crippen LogP contribution in [0.2, 0.25) is 0 Å². The first-order chi connectivity index (χ1) is 13.1. The minimum absolute atomic E-state index is 0.0287. The van der Waals surface area contributed by atoms with Crippen molar-refractivity contribution < 1.29 is 14.0 Å². The zero-order chi connectivity index (χ0) is 19.2. The van der Waals surface area contributed by atoms with E-state index >= 15 is 0 Å². The number of unbranched alkanes of at least 4 members (excludes halogenated alkanes) is 1. The molecule has 1 saturated heterocycles. The lowest BCUT2D eigenvalue weighted by molar-refractivity contribution is -0.119. The molecule has 0 saturated carbocycles. The molecule has 0 radical (unpaired) electrons. The topological polar surface area (TPSA) is 75.4 Å². The Morgan fingerprint density at radius 3 is 2.96 bits per heavy atom. The Labute approximate surface area is 160 Å². The third-order valence-corrected chi connectivity index (χ3v) is 5.16. The van der Waals surface area contributed by atoms with E-state index in [1.54, 1.807) is 0 Å². The Balaban J connectivity index is 1.73. The van der Waals surface area contributed by atoms with E-state index in [9.17, 15) is 9.59 Å². The molecule has 3 rings (SSSR count). The molecule has 6 nitrogen and oxygen atoms in total. The predicted octanol–water partition coefficient (Wildman–Crippen LogP) is 3.69. The molecule has 1 aromatic heterocycles. The van der Waals surface area contributed by atoms with Crippen molar-refractivity contribution in [1.29, 1.82) is 0 Å². The van der Waals surface area contributed by atoms with Gasteiger partial charge in [-0.15, -0.1) is 0 Å². The molecule has 1 atom stereocenters. The summed E-state index contributed by atoms with van der Waals surface area (Å²) >= 11 is 0. The van der Waals surface area contributed by atoms with Crippen molar-refractivity contribution in [1.82, 2.24) is 15.2 Å². The fraction of sp³-hybridized carbons (Fsp3) is 0.571. The second kappa shape index (κ2) is 9.02. The third-order valence-electron chi connectivity index (χ3n) is 5.16. The molecule has 6 heteroatoms. The van der Waals surface area contributed by atoms with Gasteiger partial charge in [-0.05, 0) is 50.3 Å². The fourth-order valence-electron chi connectivity index (χ4n) is 3.69. The zero-order valence-electron chi connectivity index (χ0n) is 16.3. The van der Waals surface area contributed by atoms with Gasteiger partial charge < -0.3 is 14.6 Å². The van der Waals surface area contributed by atoms with Crippen LogP contribution in [-0.2, 0) is 11.2 Å². The number of likely N-dealkylation sites (tertiary alicyclic amines) is 1. The highest BCUT2D eigenvalue weighted by molar-refractivity contribution is 5.97. The number of nitrogens with zero attached hydrogens (tertiary/aromatic N) is 2. The van der Waals surface area contributed by atoms with Gasteiger partial charge in [0.2, 0.25) is 5.91 Å². The van der Waals surface area contributed by atoms with Crippen LogP contribution in [0.1, 0.15) is 68.6 Å². The van der Waals surface area contributed by atoms with Crippen LogP contribution < -0.4 is 5.32 Å². The Morgan fingerprint density at radius 2 is 2.19 bits per heavy atom. The van der Waals surface area contributed by atoms with Crippen LogP contribution in [0.25, 0.3) is 11.1 Å². The molecule has 2 heterocycles. The van der Waals surface area contributed by atoms with E-state index in [1.807, 2.05) is 23.1 Å². The maximum Gasteiger partial charge on any atom is 0.254 e. The molecule has 0 unspecified atom stereocenters. The molecule has 0 aliphatic carbocycles. The van der Waals surface area contributed by atoms with E-state index in [-0.39, 0.29) is 17.9 Å². The van der Waals surface area contributed by atoms with Gasteiger partial charge in [-0.1, -0.05) is 13.3 Å². The summed E-state index contributed by atoms with van der Waals surface area (Å²) in [5.74, 6) is 0.754. The molecular formula is C21H29N3O3. The van der Waals surface area contributed by atoms with E-state index in [2.05, 4.69) is 17.2 Å². The Bertz CT molecular complexity index is 799. The van der Waals surface area contributed by atoms with Gasteiger partial charge in [0.05, 0.1) is 0 Å².